The molecule has 0 bridgehead atoms. The van der Waals surface area contributed by atoms with Crippen LogP contribution in [0.5, 0.6) is 11.5 Å². The zero-order valence-corrected chi connectivity index (χ0v) is 8.72. The predicted octanol–water partition coefficient (Wildman–Crippen LogP) is 3.92. The van der Waals surface area contributed by atoms with Gasteiger partial charge in [-0.2, -0.15) is 0 Å². The summed E-state index contributed by atoms with van der Waals surface area (Å²) in [7, 11) is 0. The first-order valence-corrected chi connectivity index (χ1v) is 4.64. The highest BCUT2D eigenvalue weighted by molar-refractivity contribution is 5.41. The Morgan fingerprint density at radius 1 is 1.24 bits per heavy atom. The van der Waals surface area contributed by atoms with Crippen molar-refractivity contribution in [2.75, 3.05) is 6.61 Å². The molecule has 0 atom stereocenters. The van der Waals surface area contributed by atoms with Gasteiger partial charge in [0.15, 0.2) is 0 Å². The highest BCUT2D eigenvalue weighted by Gasteiger charge is 2.33. The molecule has 7 heteroatoms. The van der Waals surface area contributed by atoms with Gasteiger partial charge in [0.25, 0.3) is 6.43 Å². The van der Waals surface area contributed by atoms with Gasteiger partial charge in [0.1, 0.15) is 11.5 Å². The fraction of sp³-hybridized carbons (Fsp3) is 0.400. The third kappa shape index (κ3) is 4.08. The highest BCUT2D eigenvalue weighted by atomic mass is 19.4. The molecule has 0 unspecified atom stereocenters. The normalized spacial score (nSPS) is 11.7. The quantitative estimate of drug-likeness (QED) is 0.760. The van der Waals surface area contributed by atoms with Crippen LogP contribution in [-0.2, 0) is 0 Å². The summed E-state index contributed by atoms with van der Waals surface area (Å²) >= 11 is 0. The summed E-state index contributed by atoms with van der Waals surface area (Å²) in [6, 6.07) is 2.77. The van der Waals surface area contributed by atoms with Crippen molar-refractivity contribution in [2.45, 2.75) is 19.7 Å². The number of ether oxygens (including phenoxy) is 2. The first-order chi connectivity index (χ1) is 7.83. The lowest BCUT2D eigenvalue weighted by molar-refractivity contribution is -0.275. The maximum absolute atomic E-state index is 12.5. The van der Waals surface area contributed by atoms with Crippen LogP contribution in [0.15, 0.2) is 18.2 Å². The fourth-order valence-corrected chi connectivity index (χ4v) is 1.17. The van der Waals surface area contributed by atoms with Crippen LogP contribution >= 0.6 is 0 Å². The number of rotatable bonds is 4. The van der Waals surface area contributed by atoms with E-state index in [9.17, 15) is 22.0 Å². The van der Waals surface area contributed by atoms with Crippen molar-refractivity contribution in [3.8, 4) is 11.5 Å². The van der Waals surface area contributed by atoms with E-state index < -0.39 is 24.1 Å². The molecule has 1 aromatic rings. The molecule has 0 aromatic heterocycles. The molecule has 0 N–H and O–H groups in total. The topological polar surface area (TPSA) is 18.5 Å². The molecule has 1 aromatic carbocycles. The zero-order valence-electron chi connectivity index (χ0n) is 8.72. The minimum atomic E-state index is -5.00. The Hall–Kier alpha value is -1.53. The summed E-state index contributed by atoms with van der Waals surface area (Å²) in [4.78, 5) is 0. The van der Waals surface area contributed by atoms with Gasteiger partial charge in [0.05, 0.1) is 12.2 Å². The summed E-state index contributed by atoms with van der Waals surface area (Å²) in [5.74, 6) is -0.853. The summed E-state index contributed by atoms with van der Waals surface area (Å²) in [6.07, 6.45) is -8.08. The molecule has 0 fully saturated rings. The summed E-state index contributed by atoms with van der Waals surface area (Å²) < 4.78 is 69.2. The van der Waals surface area contributed by atoms with Gasteiger partial charge in [-0.25, -0.2) is 8.78 Å². The molecule has 0 aliphatic rings. The minimum absolute atomic E-state index is 0.0670. The van der Waals surface area contributed by atoms with Crippen molar-refractivity contribution in [1.29, 1.82) is 0 Å². The van der Waals surface area contributed by atoms with Crippen molar-refractivity contribution in [2.24, 2.45) is 0 Å². The Morgan fingerprint density at radius 2 is 1.88 bits per heavy atom. The van der Waals surface area contributed by atoms with E-state index >= 15 is 0 Å². The molecule has 0 amide bonds. The molecule has 17 heavy (non-hydrogen) atoms. The van der Waals surface area contributed by atoms with Crippen LogP contribution in [-0.4, -0.2) is 13.0 Å². The lowest BCUT2D eigenvalue weighted by Gasteiger charge is -2.14. The SMILES string of the molecule is CCOc1ccc(OC(F)(F)F)c(C(F)F)c1. The molecule has 0 spiro atoms. The first-order valence-electron chi connectivity index (χ1n) is 4.64. The predicted molar refractivity (Wildman–Crippen MR) is 49.3 cm³/mol. The maximum Gasteiger partial charge on any atom is 0.573 e. The van der Waals surface area contributed by atoms with E-state index in [1.807, 2.05) is 0 Å². The van der Waals surface area contributed by atoms with Crippen molar-refractivity contribution in [3.63, 3.8) is 0 Å². The van der Waals surface area contributed by atoms with Gasteiger partial charge in [-0.3, -0.25) is 0 Å². The monoisotopic (exact) mass is 256 g/mol. The Balaban J connectivity index is 3.04. The molecule has 0 aliphatic heterocycles. The van der Waals surface area contributed by atoms with Crippen molar-refractivity contribution < 1.29 is 31.4 Å². The average molecular weight is 256 g/mol. The molecule has 1 rings (SSSR count). The van der Waals surface area contributed by atoms with Crippen molar-refractivity contribution in [3.05, 3.63) is 23.8 Å². The van der Waals surface area contributed by atoms with Gasteiger partial charge in [0.2, 0.25) is 0 Å². The lowest BCUT2D eigenvalue weighted by Crippen LogP contribution is -2.18. The first kappa shape index (κ1) is 13.5. The maximum atomic E-state index is 12.5. The number of hydrogen-bond donors (Lipinski definition) is 0. The molecule has 0 radical (unpaired) electrons. The third-order valence-corrected chi connectivity index (χ3v) is 1.75. The number of alkyl halides is 5. The molecule has 96 valence electrons. The van der Waals surface area contributed by atoms with Crippen LogP contribution in [0.1, 0.15) is 18.9 Å². The third-order valence-electron chi connectivity index (χ3n) is 1.75. The van der Waals surface area contributed by atoms with Gasteiger partial charge >= 0.3 is 6.36 Å². The van der Waals surface area contributed by atoms with Crippen molar-refractivity contribution in [1.82, 2.24) is 0 Å². The molecule has 2 nitrogen and oxygen atoms in total. The van der Waals surface area contributed by atoms with E-state index in [0.717, 1.165) is 18.2 Å². The Labute approximate surface area is 93.9 Å². The fourth-order valence-electron chi connectivity index (χ4n) is 1.17. The van der Waals surface area contributed by atoms with Crippen LogP contribution in [0, 0.1) is 0 Å². The molecular formula is C10H9F5O2. The van der Waals surface area contributed by atoms with Crippen LogP contribution in [0.4, 0.5) is 22.0 Å². The summed E-state index contributed by atoms with van der Waals surface area (Å²) in [6.45, 7) is 1.85. The second kappa shape index (κ2) is 5.20. The van der Waals surface area contributed by atoms with Gasteiger partial charge < -0.3 is 9.47 Å². The summed E-state index contributed by atoms with van der Waals surface area (Å²) in [5.41, 5.74) is -0.853. The van der Waals surface area contributed by atoms with E-state index in [-0.39, 0.29) is 12.4 Å². The summed E-state index contributed by atoms with van der Waals surface area (Å²) in [5, 5.41) is 0. The second-order valence-electron chi connectivity index (χ2n) is 2.98. The van der Waals surface area contributed by atoms with E-state index in [1.165, 1.54) is 0 Å². The number of halogens is 5. The van der Waals surface area contributed by atoms with Crippen molar-refractivity contribution >= 4 is 0 Å². The van der Waals surface area contributed by atoms with E-state index in [0.29, 0.717) is 0 Å². The Kier molecular flexibility index (Phi) is 4.14. The molecular weight excluding hydrogens is 247 g/mol. The van der Waals surface area contributed by atoms with E-state index in [4.69, 9.17) is 4.74 Å². The van der Waals surface area contributed by atoms with Crippen LogP contribution in [0.25, 0.3) is 0 Å². The molecule has 0 heterocycles. The molecule has 0 aliphatic carbocycles. The standard InChI is InChI=1S/C10H9F5O2/c1-2-16-6-3-4-8(17-10(13,14)15)7(5-6)9(11)12/h3-5,9H,2H2,1H3. The van der Waals surface area contributed by atoms with Gasteiger partial charge in [-0.1, -0.05) is 0 Å². The average Bonchev–Trinajstić information content (AvgIpc) is 2.18. The van der Waals surface area contributed by atoms with Crippen LogP contribution in [0.2, 0.25) is 0 Å². The largest absolute Gasteiger partial charge is 0.573 e. The van der Waals surface area contributed by atoms with Gasteiger partial charge in [-0.05, 0) is 25.1 Å². The Bertz CT molecular complexity index is 375. The van der Waals surface area contributed by atoms with Gasteiger partial charge in [-0.15, -0.1) is 13.2 Å². The molecule has 0 saturated heterocycles. The number of hydrogen-bond acceptors (Lipinski definition) is 2. The zero-order chi connectivity index (χ0) is 13.1. The molecule has 0 saturated carbocycles. The van der Waals surface area contributed by atoms with Crippen LogP contribution < -0.4 is 9.47 Å². The van der Waals surface area contributed by atoms with Crippen LogP contribution in [0.3, 0.4) is 0 Å². The lowest BCUT2D eigenvalue weighted by atomic mass is 10.2. The van der Waals surface area contributed by atoms with E-state index in [2.05, 4.69) is 4.74 Å². The van der Waals surface area contributed by atoms with E-state index in [1.54, 1.807) is 6.92 Å². The Morgan fingerprint density at radius 3 is 2.35 bits per heavy atom. The smallest absolute Gasteiger partial charge is 0.494 e. The number of benzene rings is 1. The van der Waals surface area contributed by atoms with Gasteiger partial charge in [0, 0.05) is 0 Å². The minimum Gasteiger partial charge on any atom is -0.494 e. The second-order valence-corrected chi connectivity index (χ2v) is 2.98. The highest BCUT2D eigenvalue weighted by Crippen LogP contribution is 2.35.